The Hall–Kier alpha value is -2.28. The molecule has 0 fully saturated rings. The fourth-order valence-corrected chi connectivity index (χ4v) is 5.75. The minimum absolute atomic E-state index is 0.0123. The van der Waals surface area contributed by atoms with Crippen molar-refractivity contribution in [1.82, 2.24) is 14.3 Å². The molecule has 1 unspecified atom stereocenters. The van der Waals surface area contributed by atoms with Crippen LogP contribution in [0.15, 0.2) is 58.0 Å². The molecule has 4 heterocycles. The molecule has 0 bridgehead atoms. The average molecular weight is 394 g/mol. The van der Waals surface area contributed by atoms with Crippen LogP contribution in [0.1, 0.15) is 33.4 Å². The molecule has 1 aliphatic rings. The van der Waals surface area contributed by atoms with Gasteiger partial charge in [0, 0.05) is 35.1 Å². The normalized spacial score (nSPS) is 17.3. The van der Waals surface area contributed by atoms with Crippen molar-refractivity contribution in [3.8, 4) is 0 Å². The second-order valence-corrected chi connectivity index (χ2v) is 8.75. The van der Waals surface area contributed by atoms with Crippen LogP contribution in [-0.2, 0) is 13.0 Å². The number of hydrogen-bond acceptors (Lipinski definition) is 5. The van der Waals surface area contributed by atoms with Gasteiger partial charge >= 0.3 is 0 Å². The lowest BCUT2D eigenvalue weighted by Crippen LogP contribution is -2.35. The highest BCUT2D eigenvalue weighted by Crippen LogP contribution is 2.38. The van der Waals surface area contributed by atoms with Crippen LogP contribution >= 0.6 is 22.7 Å². The summed E-state index contributed by atoms with van der Waals surface area (Å²) in [6.07, 6.45) is 1.05. The topological polar surface area (TPSA) is 37.6 Å². The van der Waals surface area contributed by atoms with E-state index in [1.807, 2.05) is 23.6 Å². The summed E-state index contributed by atoms with van der Waals surface area (Å²) in [6.45, 7) is 3.59. The third-order valence-electron chi connectivity index (χ3n) is 5.17. The number of thiophene rings is 1. The van der Waals surface area contributed by atoms with Gasteiger partial charge in [-0.25, -0.2) is 4.98 Å². The van der Waals surface area contributed by atoms with Crippen molar-refractivity contribution in [2.45, 2.75) is 25.9 Å². The minimum atomic E-state index is 0.0123. The first-order chi connectivity index (χ1) is 13.2. The van der Waals surface area contributed by atoms with Crippen LogP contribution in [0.3, 0.4) is 0 Å². The van der Waals surface area contributed by atoms with Crippen molar-refractivity contribution in [2.24, 2.45) is 0 Å². The van der Waals surface area contributed by atoms with E-state index in [-0.39, 0.29) is 11.6 Å². The highest BCUT2D eigenvalue weighted by molar-refractivity contribution is 7.15. The van der Waals surface area contributed by atoms with Crippen molar-refractivity contribution in [2.75, 3.05) is 6.54 Å². The van der Waals surface area contributed by atoms with E-state index in [2.05, 4.69) is 46.7 Å². The summed E-state index contributed by atoms with van der Waals surface area (Å²) in [5.41, 5.74) is 4.49. The van der Waals surface area contributed by atoms with Gasteiger partial charge in [0.15, 0.2) is 4.96 Å². The zero-order valence-electron chi connectivity index (χ0n) is 15.0. The lowest BCUT2D eigenvalue weighted by molar-refractivity contribution is 0.204. The molecule has 0 saturated carbocycles. The van der Waals surface area contributed by atoms with Crippen LogP contribution < -0.4 is 5.56 Å². The van der Waals surface area contributed by atoms with Gasteiger partial charge in [-0.1, -0.05) is 30.3 Å². The van der Waals surface area contributed by atoms with Gasteiger partial charge in [0.25, 0.3) is 5.56 Å². The van der Waals surface area contributed by atoms with Crippen molar-refractivity contribution >= 4 is 27.6 Å². The molecule has 0 saturated heterocycles. The maximum atomic E-state index is 12.5. The van der Waals surface area contributed by atoms with E-state index in [9.17, 15) is 4.79 Å². The lowest BCUT2D eigenvalue weighted by atomic mass is 9.93. The Kier molecular flexibility index (Phi) is 4.19. The van der Waals surface area contributed by atoms with Gasteiger partial charge in [-0.15, -0.1) is 22.7 Å². The molecular formula is C21H19N3OS2. The monoisotopic (exact) mass is 393 g/mol. The van der Waals surface area contributed by atoms with Gasteiger partial charge in [0.2, 0.25) is 0 Å². The Balaban J connectivity index is 1.55. The maximum Gasteiger partial charge on any atom is 0.259 e. The second kappa shape index (κ2) is 6.71. The summed E-state index contributed by atoms with van der Waals surface area (Å²) in [5.74, 6) is 0. The molecule has 0 amide bonds. The summed E-state index contributed by atoms with van der Waals surface area (Å²) in [7, 11) is 0. The van der Waals surface area contributed by atoms with Crippen LogP contribution in [0, 0.1) is 6.92 Å². The highest BCUT2D eigenvalue weighted by Gasteiger charge is 2.30. The van der Waals surface area contributed by atoms with Gasteiger partial charge < -0.3 is 0 Å². The third-order valence-corrected chi connectivity index (χ3v) is 7.11. The molecule has 0 radical (unpaired) electrons. The number of nitrogens with zero attached hydrogens (tertiary/aromatic N) is 3. The summed E-state index contributed by atoms with van der Waals surface area (Å²) in [5, 5.41) is 4.17. The average Bonchev–Trinajstić information content (AvgIpc) is 3.29. The number of fused-ring (bicyclic) bond motifs is 2. The first-order valence-corrected chi connectivity index (χ1v) is 10.8. The Bertz CT molecular complexity index is 1160. The Labute approximate surface area is 165 Å². The van der Waals surface area contributed by atoms with Crippen LogP contribution in [-0.4, -0.2) is 20.8 Å². The molecule has 0 aliphatic carbocycles. The molecule has 27 heavy (non-hydrogen) atoms. The first kappa shape index (κ1) is 16.9. The zero-order chi connectivity index (χ0) is 18.4. The zero-order valence-corrected chi connectivity index (χ0v) is 16.6. The number of hydrogen-bond donors (Lipinski definition) is 0. The van der Waals surface area contributed by atoms with E-state index in [0.29, 0.717) is 6.54 Å². The fraction of sp³-hybridized carbons (Fsp3) is 0.238. The third kappa shape index (κ3) is 2.94. The predicted octanol–water partition coefficient (Wildman–Crippen LogP) is 4.27. The van der Waals surface area contributed by atoms with Crippen molar-refractivity contribution in [3.63, 3.8) is 0 Å². The molecule has 4 aromatic rings. The molecule has 1 atom stereocenters. The maximum absolute atomic E-state index is 12.5. The molecule has 6 heteroatoms. The first-order valence-electron chi connectivity index (χ1n) is 9.03. The Morgan fingerprint density at radius 3 is 2.89 bits per heavy atom. The lowest BCUT2D eigenvalue weighted by Gasteiger charge is -2.36. The van der Waals surface area contributed by atoms with Crippen molar-refractivity contribution in [1.29, 1.82) is 0 Å². The summed E-state index contributed by atoms with van der Waals surface area (Å²) >= 11 is 3.37. The minimum Gasteiger partial charge on any atom is -0.286 e. The quantitative estimate of drug-likeness (QED) is 0.522. The summed E-state index contributed by atoms with van der Waals surface area (Å²) in [6, 6.07) is 14.8. The van der Waals surface area contributed by atoms with E-state index < -0.39 is 0 Å². The van der Waals surface area contributed by atoms with Gasteiger partial charge in [0.05, 0.1) is 11.7 Å². The number of thiazole rings is 1. The number of aromatic nitrogens is 2. The molecule has 0 spiro atoms. The van der Waals surface area contributed by atoms with Crippen molar-refractivity contribution in [3.05, 3.63) is 91.0 Å². The molecule has 136 valence electrons. The molecule has 1 aliphatic heterocycles. The van der Waals surface area contributed by atoms with Gasteiger partial charge in [0.1, 0.15) is 0 Å². The molecule has 4 nitrogen and oxygen atoms in total. The van der Waals surface area contributed by atoms with Gasteiger partial charge in [-0.2, -0.15) is 0 Å². The summed E-state index contributed by atoms with van der Waals surface area (Å²) < 4.78 is 1.69. The predicted molar refractivity (Wildman–Crippen MR) is 111 cm³/mol. The Morgan fingerprint density at radius 2 is 2.04 bits per heavy atom. The van der Waals surface area contributed by atoms with E-state index in [1.165, 1.54) is 27.3 Å². The SMILES string of the molecule is Cc1csc2nc(CN3CCc4sccc4C3c3ccccc3)cc(=O)n12. The molecule has 1 aromatic carbocycles. The largest absolute Gasteiger partial charge is 0.286 e. The van der Waals surface area contributed by atoms with E-state index >= 15 is 0 Å². The van der Waals surface area contributed by atoms with E-state index in [4.69, 9.17) is 4.98 Å². The van der Waals surface area contributed by atoms with Crippen LogP contribution in [0.2, 0.25) is 0 Å². The van der Waals surface area contributed by atoms with E-state index in [0.717, 1.165) is 29.3 Å². The van der Waals surface area contributed by atoms with Crippen LogP contribution in [0.25, 0.3) is 4.96 Å². The number of rotatable bonds is 3. The van der Waals surface area contributed by atoms with Gasteiger partial charge in [-0.05, 0) is 35.9 Å². The number of aryl methyl sites for hydroxylation is 1. The molecule has 0 N–H and O–H groups in total. The van der Waals surface area contributed by atoms with Crippen LogP contribution in [0.5, 0.6) is 0 Å². The highest BCUT2D eigenvalue weighted by atomic mass is 32.1. The fourth-order valence-electron chi connectivity index (χ4n) is 3.95. The van der Waals surface area contributed by atoms with Crippen LogP contribution in [0.4, 0.5) is 0 Å². The standard InChI is InChI=1S/C21H19N3OS2/c1-14-13-27-21-22-16(11-19(25)24(14)21)12-23-9-7-18-17(8-10-26-18)20(23)15-5-3-2-4-6-15/h2-6,8,10-11,13,20H,7,9,12H2,1H3. The smallest absolute Gasteiger partial charge is 0.259 e. The molecular weight excluding hydrogens is 374 g/mol. The van der Waals surface area contributed by atoms with Gasteiger partial charge in [-0.3, -0.25) is 14.1 Å². The Morgan fingerprint density at radius 1 is 1.19 bits per heavy atom. The summed E-state index contributed by atoms with van der Waals surface area (Å²) in [4.78, 5) is 22.0. The second-order valence-electron chi connectivity index (χ2n) is 6.91. The molecule has 5 rings (SSSR count). The molecule has 3 aromatic heterocycles. The number of benzene rings is 1. The van der Waals surface area contributed by atoms with E-state index in [1.54, 1.807) is 10.5 Å². The van der Waals surface area contributed by atoms with Crippen molar-refractivity contribution < 1.29 is 0 Å².